The van der Waals surface area contributed by atoms with Crippen LogP contribution < -0.4 is 15.4 Å². The molecule has 1 aliphatic carbocycles. The molecule has 1 amide bonds. The van der Waals surface area contributed by atoms with Crippen LogP contribution in [0, 0.1) is 0 Å². The van der Waals surface area contributed by atoms with Gasteiger partial charge in [0.25, 0.3) is 0 Å². The van der Waals surface area contributed by atoms with Crippen LogP contribution in [0.5, 0.6) is 5.75 Å². The van der Waals surface area contributed by atoms with Crippen molar-refractivity contribution in [2.24, 2.45) is 0 Å². The van der Waals surface area contributed by atoms with Crippen LogP contribution in [0.25, 0.3) is 22.2 Å². The van der Waals surface area contributed by atoms with Crippen LogP contribution in [-0.4, -0.2) is 55.1 Å². The van der Waals surface area contributed by atoms with Crippen molar-refractivity contribution in [2.75, 3.05) is 26.8 Å². The molecule has 1 aliphatic heterocycles. The lowest BCUT2D eigenvalue weighted by Gasteiger charge is -2.28. The predicted molar refractivity (Wildman–Crippen MR) is 156 cm³/mol. The molecule has 1 saturated carbocycles. The van der Waals surface area contributed by atoms with Crippen molar-refractivity contribution in [3.8, 4) is 17.0 Å². The van der Waals surface area contributed by atoms with Gasteiger partial charge in [-0.05, 0) is 69.4 Å². The van der Waals surface area contributed by atoms with Crippen molar-refractivity contribution in [1.29, 1.82) is 0 Å². The smallest absolute Gasteiger partial charge is 0.407 e. The Morgan fingerprint density at radius 3 is 2.58 bits per heavy atom. The van der Waals surface area contributed by atoms with Crippen LogP contribution in [0.1, 0.15) is 74.7 Å². The number of fused-ring (bicyclic) bond motifs is 5. The second kappa shape index (κ2) is 11.9. The number of amides is 1. The van der Waals surface area contributed by atoms with Gasteiger partial charge in [-0.2, -0.15) is 0 Å². The van der Waals surface area contributed by atoms with Crippen molar-refractivity contribution in [3.63, 3.8) is 0 Å². The van der Waals surface area contributed by atoms with Gasteiger partial charge in [0.1, 0.15) is 18.0 Å². The number of carbonyl (C=O) groups excluding carboxylic acids is 2. The summed E-state index contributed by atoms with van der Waals surface area (Å²) in [6.45, 7) is 7.66. The van der Waals surface area contributed by atoms with Crippen LogP contribution in [-0.2, 0) is 16.0 Å². The molecule has 2 aliphatic rings. The van der Waals surface area contributed by atoms with Crippen LogP contribution in [0.2, 0.25) is 0 Å². The molecular weight excluding hydrogens is 506 g/mol. The Bertz CT molecular complexity index is 1370. The number of alkyl carbamates (subject to hydrolysis) is 1. The standard InChI is InChI=1S/C32H41N3O5/c1-32(2,3)40-31(37)34-17-16-33-23-19-35-26-18-22(30(36)38-4)14-15-24(26)28(21-10-6-5-7-11-21)29(35)25-12-8-9-13-27(25)39-20-23/h8-9,12-15,18,21,23,33H,5-7,10-11,16-17,19-20H2,1-4H3,(H,34,37)/t23-/m1/s1. The van der Waals surface area contributed by atoms with E-state index in [1.54, 1.807) is 0 Å². The lowest BCUT2D eigenvalue weighted by atomic mass is 9.81. The minimum absolute atomic E-state index is 0.0240. The summed E-state index contributed by atoms with van der Waals surface area (Å²) >= 11 is 0. The second-order valence-electron chi connectivity index (χ2n) is 11.8. The van der Waals surface area contributed by atoms with E-state index < -0.39 is 11.7 Å². The van der Waals surface area contributed by atoms with E-state index in [0.717, 1.165) is 29.7 Å². The Kier molecular flexibility index (Phi) is 8.35. The molecule has 2 N–H and O–H groups in total. The fraction of sp³-hybridized carbons (Fsp3) is 0.500. The van der Waals surface area contributed by atoms with E-state index in [-0.39, 0.29) is 12.0 Å². The molecule has 1 fully saturated rings. The number of aromatic nitrogens is 1. The minimum Gasteiger partial charge on any atom is -0.491 e. The fourth-order valence-corrected chi connectivity index (χ4v) is 6.04. The van der Waals surface area contributed by atoms with E-state index in [0.29, 0.717) is 37.7 Å². The van der Waals surface area contributed by atoms with Gasteiger partial charge in [0.2, 0.25) is 0 Å². The molecule has 0 spiro atoms. The van der Waals surface area contributed by atoms with Gasteiger partial charge in [-0.1, -0.05) is 37.5 Å². The molecule has 1 atom stereocenters. The fourth-order valence-electron chi connectivity index (χ4n) is 6.04. The first-order valence-electron chi connectivity index (χ1n) is 14.4. The van der Waals surface area contributed by atoms with Crippen LogP contribution in [0.4, 0.5) is 4.79 Å². The molecule has 2 aromatic carbocycles. The number of para-hydroxylation sites is 1. The van der Waals surface area contributed by atoms with Gasteiger partial charge in [-0.25, -0.2) is 9.59 Å². The Morgan fingerprint density at radius 2 is 1.82 bits per heavy atom. The van der Waals surface area contributed by atoms with Crippen molar-refractivity contribution >= 4 is 23.0 Å². The molecule has 0 radical (unpaired) electrons. The highest BCUT2D eigenvalue weighted by Crippen LogP contribution is 2.47. The van der Waals surface area contributed by atoms with Gasteiger partial charge < -0.3 is 29.4 Å². The highest BCUT2D eigenvalue weighted by atomic mass is 16.6. The molecule has 0 saturated heterocycles. The average molecular weight is 548 g/mol. The summed E-state index contributed by atoms with van der Waals surface area (Å²) in [7, 11) is 1.42. The quantitative estimate of drug-likeness (QED) is 0.290. The Balaban J connectivity index is 1.52. The number of nitrogens with zero attached hydrogens (tertiary/aromatic N) is 1. The third-order valence-electron chi connectivity index (χ3n) is 7.75. The van der Waals surface area contributed by atoms with Crippen molar-refractivity contribution in [2.45, 2.75) is 77.0 Å². The second-order valence-corrected chi connectivity index (χ2v) is 11.8. The van der Waals surface area contributed by atoms with E-state index in [1.807, 2.05) is 45.0 Å². The van der Waals surface area contributed by atoms with Gasteiger partial charge in [0, 0.05) is 36.1 Å². The summed E-state index contributed by atoms with van der Waals surface area (Å²) in [5.41, 5.74) is 4.66. The highest BCUT2D eigenvalue weighted by molar-refractivity contribution is 5.99. The maximum atomic E-state index is 12.5. The number of benzene rings is 2. The maximum absolute atomic E-state index is 12.5. The molecule has 8 heteroatoms. The normalized spacial score (nSPS) is 17.6. The molecule has 1 aromatic heterocycles. The Morgan fingerprint density at radius 1 is 1.05 bits per heavy atom. The first-order valence-corrected chi connectivity index (χ1v) is 14.4. The molecule has 8 nitrogen and oxygen atoms in total. The largest absolute Gasteiger partial charge is 0.491 e. The van der Waals surface area contributed by atoms with Gasteiger partial charge in [0.15, 0.2) is 0 Å². The molecule has 3 aromatic rings. The number of hydrogen-bond donors (Lipinski definition) is 2. The highest BCUT2D eigenvalue weighted by Gasteiger charge is 2.30. The van der Waals surface area contributed by atoms with Crippen LogP contribution in [0.15, 0.2) is 42.5 Å². The van der Waals surface area contributed by atoms with E-state index in [2.05, 4.69) is 33.4 Å². The van der Waals surface area contributed by atoms with Gasteiger partial charge >= 0.3 is 12.1 Å². The maximum Gasteiger partial charge on any atom is 0.407 e. The van der Waals surface area contributed by atoms with E-state index in [9.17, 15) is 9.59 Å². The van der Waals surface area contributed by atoms with Crippen molar-refractivity contribution < 1.29 is 23.8 Å². The Labute approximate surface area is 236 Å². The summed E-state index contributed by atoms with van der Waals surface area (Å²) in [5, 5.41) is 7.59. The van der Waals surface area contributed by atoms with Crippen LogP contribution in [0.3, 0.4) is 0 Å². The van der Waals surface area contributed by atoms with E-state index >= 15 is 0 Å². The molecule has 0 bridgehead atoms. The van der Waals surface area contributed by atoms with Gasteiger partial charge in [-0.3, -0.25) is 0 Å². The molecule has 2 heterocycles. The zero-order valence-electron chi connectivity index (χ0n) is 24.0. The van der Waals surface area contributed by atoms with Crippen molar-refractivity contribution in [3.05, 3.63) is 53.6 Å². The van der Waals surface area contributed by atoms with E-state index in [4.69, 9.17) is 14.2 Å². The number of carbonyl (C=O) groups is 2. The number of esters is 1. The number of methoxy groups -OCH3 is 1. The minimum atomic E-state index is -0.538. The summed E-state index contributed by atoms with van der Waals surface area (Å²) in [6.07, 6.45) is 5.62. The average Bonchev–Trinajstić information content (AvgIpc) is 3.24. The molecule has 0 unspecified atom stereocenters. The summed E-state index contributed by atoms with van der Waals surface area (Å²) < 4.78 is 19.2. The first kappa shape index (κ1) is 28.0. The van der Waals surface area contributed by atoms with Gasteiger partial charge in [-0.15, -0.1) is 0 Å². The molecule has 40 heavy (non-hydrogen) atoms. The number of hydrogen-bond acceptors (Lipinski definition) is 6. The Hall–Kier alpha value is -3.52. The first-order chi connectivity index (χ1) is 19.2. The predicted octanol–water partition coefficient (Wildman–Crippen LogP) is 6.02. The third kappa shape index (κ3) is 6.12. The van der Waals surface area contributed by atoms with Gasteiger partial charge in [0.05, 0.1) is 24.4 Å². The zero-order chi connectivity index (χ0) is 28.3. The summed E-state index contributed by atoms with van der Waals surface area (Å²) in [4.78, 5) is 24.6. The summed E-state index contributed by atoms with van der Waals surface area (Å²) in [5.74, 6) is 0.970. The topological polar surface area (TPSA) is 90.8 Å². The SMILES string of the molecule is COC(=O)c1ccc2c(C3CCCCC3)c3n(c2c1)C[C@@H](NCCNC(=O)OC(C)(C)C)COc1ccccc1-3. The molecular formula is C32H41N3O5. The number of rotatable bonds is 6. The molecule has 214 valence electrons. The van der Waals surface area contributed by atoms with E-state index in [1.165, 1.54) is 43.0 Å². The number of nitrogens with one attached hydrogen (secondary N) is 2. The zero-order valence-corrected chi connectivity index (χ0v) is 24.0. The third-order valence-corrected chi connectivity index (χ3v) is 7.75. The lowest BCUT2D eigenvalue weighted by molar-refractivity contribution is 0.0526. The monoisotopic (exact) mass is 547 g/mol. The van der Waals surface area contributed by atoms with Crippen molar-refractivity contribution in [1.82, 2.24) is 15.2 Å². The van der Waals surface area contributed by atoms with Crippen LogP contribution >= 0.6 is 0 Å². The molecule has 5 rings (SSSR count). The summed E-state index contributed by atoms with van der Waals surface area (Å²) in [6, 6.07) is 14.2. The number of ether oxygens (including phenoxy) is 3. The lowest BCUT2D eigenvalue weighted by Crippen LogP contribution is -2.43.